The molecule has 34 heavy (non-hydrogen) atoms. The lowest BCUT2D eigenvalue weighted by Gasteiger charge is -2.17. The van der Waals surface area contributed by atoms with E-state index in [1.807, 2.05) is 63.2 Å². The standard InChI is InChI=1S/C26H24N4O4/c1-26(2,3)25(32)29-23-9-6-18(12-27-23)17-5-7-20-19(11-17)24(31)30(14-28-20)13-16-4-8-21-22(10-16)34-15-33-21/h4-12,14H,13,15H2,1-3H3,(H,27,29,32). The number of ether oxygens (including phenoxy) is 2. The van der Waals surface area contributed by atoms with Gasteiger partial charge in [-0.3, -0.25) is 14.2 Å². The van der Waals surface area contributed by atoms with E-state index >= 15 is 0 Å². The summed E-state index contributed by atoms with van der Waals surface area (Å²) in [6, 6.07) is 14.8. The molecule has 5 rings (SSSR count). The van der Waals surface area contributed by atoms with Crippen molar-refractivity contribution in [3.8, 4) is 22.6 Å². The Hall–Kier alpha value is -4.20. The highest BCUT2D eigenvalue weighted by atomic mass is 16.7. The molecule has 0 unspecified atom stereocenters. The van der Waals surface area contributed by atoms with E-state index < -0.39 is 5.41 Å². The molecule has 4 aromatic rings. The zero-order valence-corrected chi connectivity index (χ0v) is 19.2. The topological polar surface area (TPSA) is 95.3 Å². The van der Waals surface area contributed by atoms with Gasteiger partial charge in [-0.2, -0.15) is 0 Å². The van der Waals surface area contributed by atoms with Crippen LogP contribution in [0.2, 0.25) is 0 Å². The zero-order valence-electron chi connectivity index (χ0n) is 19.2. The molecule has 0 bridgehead atoms. The highest BCUT2D eigenvalue weighted by Gasteiger charge is 2.21. The number of nitrogens with zero attached hydrogens (tertiary/aromatic N) is 3. The van der Waals surface area contributed by atoms with Gasteiger partial charge >= 0.3 is 0 Å². The molecule has 1 amide bonds. The minimum atomic E-state index is -0.508. The van der Waals surface area contributed by atoms with E-state index in [0.29, 0.717) is 34.8 Å². The van der Waals surface area contributed by atoms with E-state index in [1.54, 1.807) is 23.2 Å². The fourth-order valence-electron chi connectivity index (χ4n) is 3.63. The minimum Gasteiger partial charge on any atom is -0.454 e. The summed E-state index contributed by atoms with van der Waals surface area (Å²) in [6.45, 7) is 6.11. The summed E-state index contributed by atoms with van der Waals surface area (Å²) in [6.07, 6.45) is 3.24. The molecule has 0 saturated heterocycles. The van der Waals surface area contributed by atoms with Gasteiger partial charge in [0, 0.05) is 17.2 Å². The van der Waals surface area contributed by atoms with Crippen LogP contribution in [-0.4, -0.2) is 27.2 Å². The van der Waals surface area contributed by atoms with E-state index in [1.165, 1.54) is 0 Å². The summed E-state index contributed by atoms with van der Waals surface area (Å²) in [5.74, 6) is 1.76. The first-order chi connectivity index (χ1) is 16.3. The van der Waals surface area contributed by atoms with E-state index in [0.717, 1.165) is 16.7 Å². The van der Waals surface area contributed by atoms with Gasteiger partial charge in [-0.25, -0.2) is 9.97 Å². The van der Waals surface area contributed by atoms with Crippen LogP contribution in [0.5, 0.6) is 11.5 Å². The second-order valence-corrected chi connectivity index (χ2v) is 9.23. The number of rotatable bonds is 4. The monoisotopic (exact) mass is 456 g/mol. The molecule has 8 nitrogen and oxygen atoms in total. The molecule has 3 heterocycles. The number of fused-ring (bicyclic) bond motifs is 2. The molecular formula is C26H24N4O4. The molecule has 172 valence electrons. The Morgan fingerprint density at radius 3 is 2.56 bits per heavy atom. The number of benzene rings is 2. The molecule has 1 N–H and O–H groups in total. The van der Waals surface area contributed by atoms with Gasteiger partial charge in [0.1, 0.15) is 5.82 Å². The van der Waals surface area contributed by atoms with Crippen molar-refractivity contribution in [1.82, 2.24) is 14.5 Å². The van der Waals surface area contributed by atoms with E-state index in [2.05, 4.69) is 15.3 Å². The van der Waals surface area contributed by atoms with Crippen molar-refractivity contribution in [3.63, 3.8) is 0 Å². The van der Waals surface area contributed by atoms with Crippen LogP contribution in [0.1, 0.15) is 26.3 Å². The molecule has 0 saturated carbocycles. The Morgan fingerprint density at radius 1 is 1.00 bits per heavy atom. The number of carbonyl (C=O) groups excluding carboxylic acids is 1. The Kier molecular flexibility index (Phi) is 5.28. The van der Waals surface area contributed by atoms with Crippen LogP contribution in [0.4, 0.5) is 5.82 Å². The van der Waals surface area contributed by atoms with E-state index in [4.69, 9.17) is 9.47 Å². The molecule has 1 aliphatic rings. The normalized spacial score (nSPS) is 12.7. The molecular weight excluding hydrogens is 432 g/mol. The average Bonchev–Trinajstić information content (AvgIpc) is 3.29. The molecule has 8 heteroatoms. The number of hydrogen-bond donors (Lipinski definition) is 1. The summed E-state index contributed by atoms with van der Waals surface area (Å²) in [7, 11) is 0. The second kappa shape index (κ2) is 8.30. The fourth-order valence-corrected chi connectivity index (χ4v) is 3.63. The summed E-state index contributed by atoms with van der Waals surface area (Å²) in [4.78, 5) is 34.2. The Bertz CT molecular complexity index is 1450. The molecule has 0 radical (unpaired) electrons. The van der Waals surface area contributed by atoms with Gasteiger partial charge in [0.25, 0.3) is 5.56 Å². The lowest BCUT2D eigenvalue weighted by atomic mass is 9.96. The van der Waals surface area contributed by atoms with Gasteiger partial charge in [-0.05, 0) is 47.5 Å². The van der Waals surface area contributed by atoms with Gasteiger partial charge in [-0.1, -0.05) is 32.9 Å². The number of nitrogens with one attached hydrogen (secondary N) is 1. The maximum Gasteiger partial charge on any atom is 0.261 e. The zero-order chi connectivity index (χ0) is 23.9. The Morgan fingerprint density at radius 2 is 1.79 bits per heavy atom. The van der Waals surface area contributed by atoms with Crippen LogP contribution in [0.15, 0.2) is 65.8 Å². The van der Waals surface area contributed by atoms with Crippen molar-refractivity contribution >= 4 is 22.6 Å². The van der Waals surface area contributed by atoms with E-state index in [9.17, 15) is 9.59 Å². The third-order valence-electron chi connectivity index (χ3n) is 5.63. The smallest absolute Gasteiger partial charge is 0.261 e. The quantitative estimate of drug-likeness (QED) is 0.494. The first-order valence-electron chi connectivity index (χ1n) is 10.9. The van der Waals surface area contributed by atoms with Crippen LogP contribution in [0, 0.1) is 5.41 Å². The number of anilines is 1. The predicted molar refractivity (Wildman–Crippen MR) is 129 cm³/mol. The summed E-state index contributed by atoms with van der Waals surface area (Å²) in [5.41, 5.74) is 2.58. The maximum absolute atomic E-state index is 13.2. The van der Waals surface area contributed by atoms with Gasteiger partial charge in [0.05, 0.1) is 23.8 Å². The Balaban J connectivity index is 1.42. The molecule has 2 aromatic heterocycles. The number of hydrogen-bond acceptors (Lipinski definition) is 6. The highest BCUT2D eigenvalue weighted by molar-refractivity contribution is 5.93. The summed E-state index contributed by atoms with van der Waals surface area (Å²) >= 11 is 0. The van der Waals surface area contributed by atoms with Crippen LogP contribution >= 0.6 is 0 Å². The summed E-state index contributed by atoms with van der Waals surface area (Å²) in [5, 5.41) is 3.33. The maximum atomic E-state index is 13.2. The third-order valence-corrected chi connectivity index (χ3v) is 5.63. The van der Waals surface area contributed by atoms with Crippen molar-refractivity contribution in [2.75, 3.05) is 12.1 Å². The first-order valence-corrected chi connectivity index (χ1v) is 10.9. The van der Waals surface area contributed by atoms with Crippen LogP contribution < -0.4 is 20.3 Å². The molecule has 0 atom stereocenters. The molecule has 0 aliphatic carbocycles. The lowest BCUT2D eigenvalue weighted by molar-refractivity contribution is -0.123. The Labute approximate surface area is 196 Å². The van der Waals surface area contributed by atoms with Crippen molar-refractivity contribution in [2.45, 2.75) is 27.3 Å². The third kappa shape index (κ3) is 4.22. The van der Waals surface area contributed by atoms with Gasteiger partial charge in [0.15, 0.2) is 11.5 Å². The predicted octanol–water partition coefficient (Wildman–Crippen LogP) is 4.22. The van der Waals surface area contributed by atoms with Crippen molar-refractivity contribution < 1.29 is 14.3 Å². The minimum absolute atomic E-state index is 0.104. The van der Waals surface area contributed by atoms with Crippen LogP contribution in [0.25, 0.3) is 22.0 Å². The number of pyridine rings is 1. The second-order valence-electron chi connectivity index (χ2n) is 9.23. The molecule has 0 spiro atoms. The van der Waals surface area contributed by atoms with Crippen LogP contribution in [-0.2, 0) is 11.3 Å². The SMILES string of the molecule is CC(C)(C)C(=O)Nc1ccc(-c2ccc3ncn(Cc4ccc5c(c4)OCO5)c(=O)c3c2)cn1. The largest absolute Gasteiger partial charge is 0.454 e. The number of amides is 1. The average molecular weight is 457 g/mol. The number of carbonyl (C=O) groups is 1. The van der Waals surface area contributed by atoms with Gasteiger partial charge in [0.2, 0.25) is 12.7 Å². The molecule has 2 aromatic carbocycles. The number of aromatic nitrogens is 3. The van der Waals surface area contributed by atoms with E-state index in [-0.39, 0.29) is 18.3 Å². The first kappa shape index (κ1) is 21.6. The lowest BCUT2D eigenvalue weighted by Crippen LogP contribution is -2.27. The molecule has 0 fully saturated rings. The fraction of sp³-hybridized carbons (Fsp3) is 0.231. The van der Waals surface area contributed by atoms with Crippen LogP contribution in [0.3, 0.4) is 0 Å². The summed E-state index contributed by atoms with van der Waals surface area (Å²) < 4.78 is 12.4. The molecule has 1 aliphatic heterocycles. The van der Waals surface area contributed by atoms with Gasteiger partial charge < -0.3 is 14.8 Å². The van der Waals surface area contributed by atoms with Crippen molar-refractivity contribution in [1.29, 1.82) is 0 Å². The van der Waals surface area contributed by atoms with Crippen molar-refractivity contribution in [3.05, 3.63) is 77.0 Å². The van der Waals surface area contributed by atoms with Gasteiger partial charge in [-0.15, -0.1) is 0 Å². The highest BCUT2D eigenvalue weighted by Crippen LogP contribution is 2.32. The van der Waals surface area contributed by atoms with Crippen molar-refractivity contribution in [2.24, 2.45) is 5.41 Å².